The van der Waals surface area contributed by atoms with E-state index in [1.54, 1.807) is 19.2 Å². The van der Waals surface area contributed by atoms with Crippen molar-refractivity contribution >= 4 is 21.8 Å². The number of sulfone groups is 1. The molecule has 0 radical (unpaired) electrons. The van der Waals surface area contributed by atoms with Gasteiger partial charge in [-0.2, -0.15) is 0 Å². The molecule has 2 amide bonds. The third kappa shape index (κ3) is 13.0. The highest BCUT2D eigenvalue weighted by atomic mass is 32.2. The van der Waals surface area contributed by atoms with Crippen LogP contribution in [0.3, 0.4) is 0 Å². The summed E-state index contributed by atoms with van der Waals surface area (Å²) < 4.78 is 37.8. The first-order valence-electron chi connectivity index (χ1n) is 16.2. The molecule has 3 rings (SSSR count). The van der Waals surface area contributed by atoms with Crippen LogP contribution in [0.1, 0.15) is 56.2 Å². The van der Waals surface area contributed by atoms with Crippen molar-refractivity contribution in [1.82, 2.24) is 16.0 Å². The number of aliphatic hydroxyl groups is 1. The highest BCUT2D eigenvalue weighted by Crippen LogP contribution is 2.18. The number of carbonyl (C=O) groups excluding carboxylic acids is 2. The van der Waals surface area contributed by atoms with Gasteiger partial charge in [0.25, 0.3) is 0 Å². The Balaban J connectivity index is 1.79. The van der Waals surface area contributed by atoms with Gasteiger partial charge >= 0.3 is 6.09 Å². The van der Waals surface area contributed by atoms with Crippen LogP contribution in [0.2, 0.25) is 0 Å². The molecule has 256 valence electrons. The lowest BCUT2D eigenvalue weighted by atomic mass is 10.0. The maximum atomic E-state index is 13.8. The van der Waals surface area contributed by atoms with E-state index in [4.69, 9.17) is 9.47 Å². The number of nitrogens with one attached hydrogen (secondary N) is 3. The number of alkyl carbamates (subject to hydrolysis) is 1. The van der Waals surface area contributed by atoms with Crippen molar-refractivity contribution in [2.24, 2.45) is 0 Å². The van der Waals surface area contributed by atoms with Crippen LogP contribution in [-0.4, -0.2) is 68.4 Å². The van der Waals surface area contributed by atoms with Gasteiger partial charge in [0.2, 0.25) is 5.91 Å². The van der Waals surface area contributed by atoms with Crippen molar-refractivity contribution in [1.29, 1.82) is 0 Å². The molecule has 4 N–H and O–H groups in total. The molecule has 0 spiro atoms. The quantitative estimate of drug-likeness (QED) is 0.138. The molecule has 3 aromatic carbocycles. The molecule has 3 aromatic rings. The number of methoxy groups -OCH3 is 1. The summed E-state index contributed by atoms with van der Waals surface area (Å²) in [6.07, 6.45) is 0.574. The smallest absolute Gasteiger partial charge is 0.408 e. The number of ether oxygens (including phenoxy) is 2. The molecule has 10 nitrogen and oxygen atoms in total. The molecule has 11 heteroatoms. The van der Waals surface area contributed by atoms with Crippen molar-refractivity contribution in [3.8, 4) is 5.75 Å². The molecule has 0 saturated carbocycles. The van der Waals surface area contributed by atoms with Crippen LogP contribution in [0.15, 0.2) is 84.9 Å². The van der Waals surface area contributed by atoms with Crippen molar-refractivity contribution in [3.63, 3.8) is 0 Å². The molecule has 0 fully saturated rings. The van der Waals surface area contributed by atoms with E-state index in [1.165, 1.54) is 0 Å². The van der Waals surface area contributed by atoms with Gasteiger partial charge in [0.15, 0.2) is 9.84 Å². The van der Waals surface area contributed by atoms with Crippen LogP contribution in [0, 0.1) is 0 Å². The molecule has 3 atom stereocenters. The number of hydrogen-bond donors (Lipinski definition) is 4. The molecular formula is C36H49N3O7S. The lowest BCUT2D eigenvalue weighted by molar-refractivity contribution is -0.124. The van der Waals surface area contributed by atoms with Gasteiger partial charge in [-0.3, -0.25) is 4.79 Å². The Bertz CT molecular complexity index is 1470. The Hall–Kier alpha value is -3.93. The zero-order chi connectivity index (χ0) is 34.1. The summed E-state index contributed by atoms with van der Waals surface area (Å²) in [5, 5.41) is 19.2. The minimum Gasteiger partial charge on any atom is -0.497 e. The van der Waals surface area contributed by atoms with E-state index in [0.717, 1.165) is 22.4 Å². The third-order valence-electron chi connectivity index (χ3n) is 7.86. The molecule has 0 saturated heterocycles. The standard InChI is InChI=1S/C36H49N3O7S/c1-4-13-31(14-5-2)47(43,44)26-33(39-36(42)46-25-28-17-10-7-11-18-28)35(41)38-32(22-27-15-8-6-9-16-27)34(40)24-37-23-29-19-12-20-30(21-29)45-3/h6-12,15-21,31-34,37,40H,4-5,13-14,22-26H2,1-3H3,(H,38,41)(H,39,42)/t32-,33-,34+/m0/s1. The van der Waals surface area contributed by atoms with Crippen molar-refractivity contribution in [2.45, 2.75) is 82.5 Å². The fraction of sp³-hybridized carbons (Fsp3) is 0.444. The fourth-order valence-electron chi connectivity index (χ4n) is 5.33. The molecular weight excluding hydrogens is 618 g/mol. The van der Waals surface area contributed by atoms with Gasteiger partial charge in [-0.05, 0) is 48.1 Å². The van der Waals surface area contributed by atoms with E-state index < -0.39 is 51.0 Å². The minimum atomic E-state index is -3.79. The summed E-state index contributed by atoms with van der Waals surface area (Å²) in [6, 6.07) is 23.7. The van der Waals surface area contributed by atoms with Crippen LogP contribution in [0.25, 0.3) is 0 Å². The molecule has 0 aliphatic carbocycles. The summed E-state index contributed by atoms with van der Waals surface area (Å²) in [4.78, 5) is 26.7. The van der Waals surface area contributed by atoms with Crippen molar-refractivity contribution in [3.05, 3.63) is 102 Å². The van der Waals surface area contributed by atoms with Crippen molar-refractivity contribution in [2.75, 3.05) is 19.4 Å². The van der Waals surface area contributed by atoms with Crippen LogP contribution in [0.5, 0.6) is 5.75 Å². The van der Waals surface area contributed by atoms with E-state index in [1.807, 2.05) is 86.6 Å². The van der Waals surface area contributed by atoms with Crippen LogP contribution in [-0.2, 0) is 38.9 Å². The van der Waals surface area contributed by atoms with Gasteiger partial charge < -0.3 is 30.5 Å². The van der Waals surface area contributed by atoms with E-state index in [2.05, 4.69) is 16.0 Å². The summed E-state index contributed by atoms with van der Waals surface area (Å²) >= 11 is 0. The van der Waals surface area contributed by atoms with Crippen LogP contribution < -0.4 is 20.7 Å². The number of benzene rings is 3. The molecule has 0 aromatic heterocycles. The van der Waals surface area contributed by atoms with Gasteiger partial charge in [0.1, 0.15) is 18.4 Å². The average molecular weight is 668 g/mol. The Morgan fingerprint density at radius 1 is 0.830 bits per heavy atom. The Morgan fingerprint density at radius 2 is 1.45 bits per heavy atom. The number of rotatable bonds is 20. The van der Waals surface area contributed by atoms with Gasteiger partial charge in [-0.25, -0.2) is 13.2 Å². The van der Waals surface area contributed by atoms with Crippen LogP contribution >= 0.6 is 0 Å². The zero-order valence-corrected chi connectivity index (χ0v) is 28.4. The topological polar surface area (TPSA) is 143 Å². The van der Waals surface area contributed by atoms with E-state index >= 15 is 0 Å². The molecule has 47 heavy (non-hydrogen) atoms. The Kier molecular flexibility index (Phi) is 15.7. The maximum absolute atomic E-state index is 13.8. The first-order chi connectivity index (χ1) is 22.6. The fourth-order valence-corrected chi connectivity index (χ4v) is 7.49. The van der Waals surface area contributed by atoms with Crippen LogP contribution in [0.4, 0.5) is 4.79 Å². The lowest BCUT2D eigenvalue weighted by Crippen LogP contribution is -2.57. The Labute approximate surface area is 279 Å². The monoisotopic (exact) mass is 667 g/mol. The number of aliphatic hydroxyl groups excluding tert-OH is 1. The lowest BCUT2D eigenvalue weighted by Gasteiger charge is -2.28. The normalized spacial score (nSPS) is 13.4. The largest absolute Gasteiger partial charge is 0.497 e. The summed E-state index contributed by atoms with van der Waals surface area (Å²) in [6.45, 7) is 4.38. The first-order valence-corrected chi connectivity index (χ1v) is 17.9. The van der Waals surface area contributed by atoms with E-state index in [-0.39, 0.29) is 19.6 Å². The van der Waals surface area contributed by atoms with Gasteiger partial charge in [0, 0.05) is 13.1 Å². The predicted octanol–water partition coefficient (Wildman–Crippen LogP) is 4.55. The molecule has 0 unspecified atom stereocenters. The number of carbonyl (C=O) groups is 2. The third-order valence-corrected chi connectivity index (χ3v) is 10.1. The summed E-state index contributed by atoms with van der Waals surface area (Å²) in [5.41, 5.74) is 2.57. The Morgan fingerprint density at radius 3 is 2.06 bits per heavy atom. The second kappa shape index (κ2) is 19.7. The highest BCUT2D eigenvalue weighted by molar-refractivity contribution is 7.92. The first kappa shape index (κ1) is 37.5. The number of hydrogen-bond acceptors (Lipinski definition) is 8. The molecule has 0 heterocycles. The van der Waals surface area contributed by atoms with Crippen molar-refractivity contribution < 1.29 is 32.6 Å². The van der Waals surface area contributed by atoms with Gasteiger partial charge in [0.05, 0.1) is 30.3 Å². The molecule has 0 bridgehead atoms. The maximum Gasteiger partial charge on any atom is 0.408 e. The predicted molar refractivity (Wildman–Crippen MR) is 184 cm³/mol. The van der Waals surface area contributed by atoms with E-state index in [9.17, 15) is 23.1 Å². The van der Waals surface area contributed by atoms with E-state index in [0.29, 0.717) is 32.2 Å². The SMILES string of the molecule is CCCC(CCC)S(=O)(=O)C[C@H](NC(=O)OCc1ccccc1)C(=O)N[C@@H](Cc1ccccc1)[C@H](O)CNCc1cccc(OC)c1. The van der Waals surface area contributed by atoms with Gasteiger partial charge in [-0.1, -0.05) is 99.5 Å². The number of amides is 2. The zero-order valence-electron chi connectivity index (χ0n) is 27.6. The second-order valence-electron chi connectivity index (χ2n) is 11.6. The average Bonchev–Trinajstić information content (AvgIpc) is 3.07. The summed E-state index contributed by atoms with van der Waals surface area (Å²) in [5.74, 6) is -0.591. The summed E-state index contributed by atoms with van der Waals surface area (Å²) in [7, 11) is -2.19. The minimum absolute atomic E-state index is 0.0453. The molecule has 0 aliphatic rings. The van der Waals surface area contributed by atoms with Gasteiger partial charge in [-0.15, -0.1) is 0 Å². The molecule has 0 aliphatic heterocycles. The highest BCUT2D eigenvalue weighted by Gasteiger charge is 2.34. The second-order valence-corrected chi connectivity index (χ2v) is 14.0.